The molecule has 0 aromatic carbocycles. The first-order valence-electron chi connectivity index (χ1n) is 29.0. The molecular weight excluding hydrogens is 901 g/mol. The molecule has 0 heterocycles. The summed E-state index contributed by atoms with van der Waals surface area (Å²) in [6.07, 6.45) is 86.8. The third-order valence-electron chi connectivity index (χ3n) is 11.5. The van der Waals surface area contributed by atoms with E-state index in [1.807, 2.05) is 0 Å². The molecule has 1 unspecified atom stereocenters. The Morgan fingerprint density at radius 1 is 0.288 bits per heavy atom. The van der Waals surface area contributed by atoms with Crippen molar-refractivity contribution in [3.05, 3.63) is 158 Å². The van der Waals surface area contributed by atoms with Crippen molar-refractivity contribution in [2.45, 2.75) is 232 Å². The van der Waals surface area contributed by atoms with Crippen LogP contribution in [0.3, 0.4) is 0 Å². The number of ether oxygens (including phenoxy) is 3. The van der Waals surface area contributed by atoms with Gasteiger partial charge in [0, 0.05) is 19.3 Å². The van der Waals surface area contributed by atoms with Crippen molar-refractivity contribution < 1.29 is 28.6 Å². The van der Waals surface area contributed by atoms with Gasteiger partial charge in [0.2, 0.25) is 0 Å². The smallest absolute Gasteiger partial charge is 0.306 e. The standard InChI is InChI=1S/C67H104O6/c1-4-7-10-13-16-19-21-23-25-26-27-28-29-30-31-32-33-34-35-36-37-38-39-40-42-43-45-48-51-54-57-60-66(69)72-63-64(62-71-65(68)59-56-53-50-47-18-15-12-9-6-3)73-67(70)61-58-55-52-49-46-44-41-24-22-20-17-14-11-8-5-2/h7-8,10-11,16-17,19-20,23-25,27-28,30-31,33-34,36-37,39-41,43,45-46,49,64H,4-6,9,12-15,18,21-22,26,29,32,35,38,42,44,47-48,50-63H2,1-3H3/b10-7-,11-8-,19-16-,20-17-,25-23-,28-27-,31-30-,34-33-,37-36-,40-39-,41-24-,45-43-,49-46-. The van der Waals surface area contributed by atoms with E-state index in [0.717, 1.165) is 141 Å². The zero-order chi connectivity index (χ0) is 52.9. The number of esters is 3. The van der Waals surface area contributed by atoms with E-state index in [-0.39, 0.29) is 37.5 Å². The monoisotopic (exact) mass is 1000 g/mol. The summed E-state index contributed by atoms with van der Waals surface area (Å²) in [5.74, 6) is -1.000. The van der Waals surface area contributed by atoms with Crippen molar-refractivity contribution >= 4 is 17.9 Å². The summed E-state index contributed by atoms with van der Waals surface area (Å²) < 4.78 is 16.7. The molecule has 6 heteroatoms. The van der Waals surface area contributed by atoms with Gasteiger partial charge in [0.05, 0.1) is 0 Å². The molecule has 0 spiro atoms. The van der Waals surface area contributed by atoms with Gasteiger partial charge in [-0.2, -0.15) is 0 Å². The first-order valence-corrected chi connectivity index (χ1v) is 29.0. The molecule has 1 atom stereocenters. The summed E-state index contributed by atoms with van der Waals surface area (Å²) in [5, 5.41) is 0. The fraction of sp³-hybridized carbons (Fsp3) is 0.567. The van der Waals surface area contributed by atoms with Gasteiger partial charge in [-0.15, -0.1) is 0 Å². The summed E-state index contributed by atoms with van der Waals surface area (Å²) >= 11 is 0. The van der Waals surface area contributed by atoms with E-state index in [1.165, 1.54) is 38.5 Å². The van der Waals surface area contributed by atoms with Crippen LogP contribution < -0.4 is 0 Å². The highest BCUT2D eigenvalue weighted by molar-refractivity contribution is 5.71. The molecule has 0 N–H and O–H groups in total. The zero-order valence-electron chi connectivity index (χ0n) is 46.6. The van der Waals surface area contributed by atoms with Crippen LogP contribution in [0.15, 0.2) is 158 Å². The van der Waals surface area contributed by atoms with Gasteiger partial charge in [-0.05, 0) is 128 Å². The number of carbonyl (C=O) groups excluding carboxylic acids is 3. The fourth-order valence-electron chi connectivity index (χ4n) is 7.25. The molecular formula is C67H104O6. The van der Waals surface area contributed by atoms with E-state index < -0.39 is 6.10 Å². The van der Waals surface area contributed by atoms with Crippen LogP contribution in [0.2, 0.25) is 0 Å². The lowest BCUT2D eigenvalue weighted by atomic mass is 10.1. The van der Waals surface area contributed by atoms with Gasteiger partial charge in [0.1, 0.15) is 13.2 Å². The Morgan fingerprint density at radius 3 is 0.863 bits per heavy atom. The quantitative estimate of drug-likeness (QED) is 0.0261. The average Bonchev–Trinajstić information content (AvgIpc) is 3.39. The minimum Gasteiger partial charge on any atom is -0.462 e. The Balaban J connectivity index is 4.36. The van der Waals surface area contributed by atoms with Crippen molar-refractivity contribution in [2.24, 2.45) is 0 Å². The van der Waals surface area contributed by atoms with Crippen LogP contribution in [0.4, 0.5) is 0 Å². The molecule has 0 aromatic rings. The maximum Gasteiger partial charge on any atom is 0.306 e. The number of carbonyl (C=O) groups is 3. The first kappa shape index (κ1) is 68.0. The number of hydrogen-bond acceptors (Lipinski definition) is 6. The van der Waals surface area contributed by atoms with E-state index in [0.29, 0.717) is 19.3 Å². The van der Waals surface area contributed by atoms with Crippen molar-refractivity contribution in [1.82, 2.24) is 0 Å². The molecule has 408 valence electrons. The normalized spacial score (nSPS) is 13.3. The second-order valence-corrected chi connectivity index (χ2v) is 18.4. The average molecular weight is 1010 g/mol. The molecule has 0 aromatic heterocycles. The minimum absolute atomic E-state index is 0.111. The molecule has 0 aliphatic rings. The third kappa shape index (κ3) is 57.8. The van der Waals surface area contributed by atoms with Crippen molar-refractivity contribution in [3.8, 4) is 0 Å². The van der Waals surface area contributed by atoms with Crippen LogP contribution in [0.1, 0.15) is 226 Å². The molecule has 6 nitrogen and oxygen atoms in total. The number of unbranched alkanes of at least 4 members (excludes halogenated alkanes) is 13. The topological polar surface area (TPSA) is 78.9 Å². The lowest BCUT2D eigenvalue weighted by molar-refractivity contribution is -0.167. The van der Waals surface area contributed by atoms with Crippen molar-refractivity contribution in [2.75, 3.05) is 13.2 Å². The van der Waals surface area contributed by atoms with Crippen molar-refractivity contribution in [3.63, 3.8) is 0 Å². The molecule has 0 bridgehead atoms. The lowest BCUT2D eigenvalue weighted by Crippen LogP contribution is -2.30. The molecule has 0 radical (unpaired) electrons. The molecule has 73 heavy (non-hydrogen) atoms. The van der Waals surface area contributed by atoms with Crippen LogP contribution >= 0.6 is 0 Å². The van der Waals surface area contributed by atoms with Gasteiger partial charge >= 0.3 is 17.9 Å². The number of allylic oxidation sites excluding steroid dienone is 26. The highest BCUT2D eigenvalue weighted by Gasteiger charge is 2.19. The highest BCUT2D eigenvalue weighted by Crippen LogP contribution is 2.13. The largest absolute Gasteiger partial charge is 0.462 e. The number of rotatable bonds is 50. The fourth-order valence-corrected chi connectivity index (χ4v) is 7.25. The van der Waals surface area contributed by atoms with E-state index in [9.17, 15) is 14.4 Å². The van der Waals surface area contributed by atoms with E-state index in [4.69, 9.17) is 14.2 Å². The summed E-state index contributed by atoms with van der Waals surface area (Å²) in [6.45, 7) is 6.30. The minimum atomic E-state index is -0.818. The lowest BCUT2D eigenvalue weighted by Gasteiger charge is -2.18. The predicted molar refractivity (Wildman–Crippen MR) is 315 cm³/mol. The SMILES string of the molecule is CC/C=C\C/C=C\C/C=C\C/C=C\C/C=C\C/C=C\C/C=C\C/C=C\C/C=C\CCCCCC(=O)OCC(COC(=O)CCCCCCCCCCC)OC(=O)CCCC/C=C\C/C=C\C/C=C\C/C=C\CC. The van der Waals surface area contributed by atoms with Gasteiger partial charge in [-0.3, -0.25) is 14.4 Å². The zero-order valence-corrected chi connectivity index (χ0v) is 46.6. The van der Waals surface area contributed by atoms with Crippen LogP contribution in [0.25, 0.3) is 0 Å². The van der Waals surface area contributed by atoms with Crippen LogP contribution in [0.5, 0.6) is 0 Å². The van der Waals surface area contributed by atoms with Gasteiger partial charge < -0.3 is 14.2 Å². The summed E-state index contributed by atoms with van der Waals surface area (Å²) in [6, 6.07) is 0. The Hall–Kier alpha value is -4.97. The highest BCUT2D eigenvalue weighted by atomic mass is 16.6. The molecule has 0 aliphatic heterocycles. The van der Waals surface area contributed by atoms with E-state index in [1.54, 1.807) is 0 Å². The number of hydrogen-bond donors (Lipinski definition) is 0. The summed E-state index contributed by atoms with van der Waals surface area (Å²) in [5.41, 5.74) is 0. The second-order valence-electron chi connectivity index (χ2n) is 18.4. The van der Waals surface area contributed by atoms with Crippen LogP contribution in [0, 0.1) is 0 Å². The van der Waals surface area contributed by atoms with Crippen LogP contribution in [-0.2, 0) is 28.6 Å². The van der Waals surface area contributed by atoms with E-state index >= 15 is 0 Å². The van der Waals surface area contributed by atoms with Crippen molar-refractivity contribution in [1.29, 1.82) is 0 Å². The molecule has 0 fully saturated rings. The Kier molecular flexibility index (Phi) is 55.5. The van der Waals surface area contributed by atoms with Crippen LogP contribution in [-0.4, -0.2) is 37.2 Å². The summed E-state index contributed by atoms with van der Waals surface area (Å²) in [7, 11) is 0. The molecule has 0 rings (SSSR count). The van der Waals surface area contributed by atoms with Gasteiger partial charge in [0.15, 0.2) is 6.10 Å². The Labute approximate surface area is 448 Å². The second kappa shape index (κ2) is 59.6. The Morgan fingerprint density at radius 2 is 0.534 bits per heavy atom. The van der Waals surface area contributed by atoms with Gasteiger partial charge in [0.25, 0.3) is 0 Å². The maximum atomic E-state index is 12.8. The first-order chi connectivity index (χ1) is 36.0. The molecule has 0 saturated carbocycles. The predicted octanol–water partition coefficient (Wildman–Crippen LogP) is 19.8. The van der Waals surface area contributed by atoms with Gasteiger partial charge in [-0.1, -0.05) is 237 Å². The van der Waals surface area contributed by atoms with E-state index in [2.05, 4.69) is 179 Å². The third-order valence-corrected chi connectivity index (χ3v) is 11.5. The molecule has 0 aliphatic carbocycles. The van der Waals surface area contributed by atoms with Gasteiger partial charge in [-0.25, -0.2) is 0 Å². The Bertz CT molecular complexity index is 1670. The molecule has 0 amide bonds. The summed E-state index contributed by atoms with van der Waals surface area (Å²) in [4.78, 5) is 38.0. The molecule has 0 saturated heterocycles. The maximum absolute atomic E-state index is 12.8.